The molecule has 0 fully saturated rings. The molecule has 0 aromatic rings. The maximum Gasteiger partial charge on any atom is 0.257 e. The summed E-state index contributed by atoms with van der Waals surface area (Å²) in [6, 6.07) is -0.264. The minimum Gasteiger partial charge on any atom is -0.499 e. The second kappa shape index (κ2) is 10.9. The summed E-state index contributed by atoms with van der Waals surface area (Å²) in [4.78, 5) is 26.4. The molecule has 2 atom stereocenters. The molecule has 1 heterocycles. The largest absolute Gasteiger partial charge is 0.499 e. The molecule has 24 heavy (non-hydrogen) atoms. The molecule has 5 heteroatoms. The fraction of sp³-hybridized carbons (Fsp3) is 0.684. The maximum absolute atomic E-state index is 12.7. The van der Waals surface area contributed by atoms with E-state index in [0.29, 0.717) is 5.76 Å². The minimum atomic E-state index is -0.264. The molecule has 1 aliphatic rings. The first-order chi connectivity index (χ1) is 11.6. The Morgan fingerprint density at radius 1 is 1.42 bits per heavy atom. The first-order valence-electron chi connectivity index (χ1n) is 8.77. The molecule has 134 valence electrons. The van der Waals surface area contributed by atoms with E-state index in [-0.39, 0.29) is 23.8 Å². The van der Waals surface area contributed by atoms with E-state index in [2.05, 4.69) is 11.2 Å². The van der Waals surface area contributed by atoms with E-state index in [4.69, 9.17) is 11.2 Å². The number of nitrogens with zero attached hydrogens (tertiary/aromatic N) is 1. The van der Waals surface area contributed by atoms with Crippen LogP contribution >= 0.6 is 0 Å². The Morgan fingerprint density at radius 3 is 2.79 bits per heavy atom. The molecular weight excluding hydrogens is 304 g/mol. The standard InChI is InChI=1S/C19H30N2O3/c1-5-6-7-8-11-15(2)19(23)21-16(12-9-10-13-20-3)17(24-4)14-18(21)22/h1,14-16,20H,6-13H2,2-4H3/t15-,16+/m1/s1. The highest BCUT2D eigenvalue weighted by Gasteiger charge is 2.39. The predicted molar refractivity (Wildman–Crippen MR) is 95.0 cm³/mol. The van der Waals surface area contributed by atoms with E-state index in [0.717, 1.165) is 51.5 Å². The number of terminal acetylenes is 1. The summed E-state index contributed by atoms with van der Waals surface area (Å²) in [6.45, 7) is 2.81. The Kier molecular flexibility index (Phi) is 9.18. The molecule has 1 rings (SSSR count). The van der Waals surface area contributed by atoms with E-state index < -0.39 is 0 Å². The van der Waals surface area contributed by atoms with Crippen molar-refractivity contribution in [2.24, 2.45) is 5.92 Å². The van der Waals surface area contributed by atoms with Gasteiger partial charge in [-0.1, -0.05) is 13.3 Å². The normalized spacial score (nSPS) is 18.2. The molecule has 1 N–H and O–H groups in total. The van der Waals surface area contributed by atoms with Crippen molar-refractivity contribution in [3.8, 4) is 12.3 Å². The maximum atomic E-state index is 12.7. The molecule has 2 amide bonds. The molecule has 1 aliphatic heterocycles. The van der Waals surface area contributed by atoms with Gasteiger partial charge in [0.15, 0.2) is 0 Å². The highest BCUT2D eigenvalue weighted by atomic mass is 16.5. The van der Waals surface area contributed by atoms with Crippen LogP contribution < -0.4 is 5.32 Å². The summed E-state index contributed by atoms with van der Waals surface area (Å²) in [5.41, 5.74) is 0. The zero-order chi connectivity index (χ0) is 17.9. The second-order valence-corrected chi connectivity index (χ2v) is 6.26. The number of imide groups is 1. The molecular formula is C19H30N2O3. The smallest absolute Gasteiger partial charge is 0.257 e. The van der Waals surface area contributed by atoms with Gasteiger partial charge in [0.1, 0.15) is 5.76 Å². The van der Waals surface area contributed by atoms with Gasteiger partial charge in [-0.05, 0) is 45.7 Å². The van der Waals surface area contributed by atoms with Crippen molar-refractivity contribution in [3.05, 3.63) is 11.8 Å². The Morgan fingerprint density at radius 2 is 2.17 bits per heavy atom. The van der Waals surface area contributed by atoms with Crippen LogP contribution in [0, 0.1) is 18.3 Å². The number of carbonyl (C=O) groups excluding carboxylic acids is 2. The molecule has 0 aromatic carbocycles. The summed E-state index contributed by atoms with van der Waals surface area (Å²) in [7, 11) is 3.47. The Hall–Kier alpha value is -1.80. The van der Waals surface area contributed by atoms with Gasteiger partial charge in [-0.3, -0.25) is 14.5 Å². The number of hydrogen-bond donors (Lipinski definition) is 1. The Labute approximate surface area is 145 Å². The van der Waals surface area contributed by atoms with E-state index >= 15 is 0 Å². The van der Waals surface area contributed by atoms with Gasteiger partial charge in [0.25, 0.3) is 5.91 Å². The SMILES string of the molecule is C#CCCCC[C@@H](C)C(=O)N1C(=O)C=C(OC)[C@@H]1CCCCNC. The van der Waals surface area contributed by atoms with E-state index in [1.807, 2.05) is 14.0 Å². The van der Waals surface area contributed by atoms with Gasteiger partial charge in [-0.2, -0.15) is 0 Å². The third-order valence-electron chi connectivity index (χ3n) is 4.40. The average Bonchev–Trinajstić information content (AvgIpc) is 2.90. The number of hydrogen-bond acceptors (Lipinski definition) is 4. The number of methoxy groups -OCH3 is 1. The third-order valence-corrected chi connectivity index (χ3v) is 4.40. The van der Waals surface area contributed by atoms with Crippen molar-refractivity contribution in [1.82, 2.24) is 10.2 Å². The van der Waals surface area contributed by atoms with Crippen LogP contribution in [0.1, 0.15) is 51.9 Å². The van der Waals surface area contributed by atoms with Crippen molar-refractivity contribution in [3.63, 3.8) is 0 Å². The van der Waals surface area contributed by atoms with Crippen molar-refractivity contribution >= 4 is 11.8 Å². The summed E-state index contributed by atoms with van der Waals surface area (Å²) < 4.78 is 5.33. The quantitative estimate of drug-likeness (QED) is 0.466. The van der Waals surface area contributed by atoms with Gasteiger partial charge >= 0.3 is 0 Å². The molecule has 0 spiro atoms. The zero-order valence-electron chi connectivity index (χ0n) is 15.1. The first-order valence-corrected chi connectivity index (χ1v) is 8.77. The lowest BCUT2D eigenvalue weighted by atomic mass is 10.00. The number of unbranched alkanes of at least 4 members (excludes halogenated alkanes) is 3. The summed E-state index contributed by atoms with van der Waals surface area (Å²) in [5, 5.41) is 3.11. The van der Waals surface area contributed by atoms with Gasteiger partial charge in [0.2, 0.25) is 5.91 Å². The van der Waals surface area contributed by atoms with Gasteiger partial charge in [0, 0.05) is 18.4 Å². The molecule has 0 saturated heterocycles. The first kappa shape index (κ1) is 20.2. The fourth-order valence-corrected chi connectivity index (χ4v) is 2.97. The van der Waals surface area contributed by atoms with Crippen LogP contribution in [0.2, 0.25) is 0 Å². The topological polar surface area (TPSA) is 58.6 Å². The number of rotatable bonds is 11. The van der Waals surface area contributed by atoms with Crippen LogP contribution in [0.25, 0.3) is 0 Å². The van der Waals surface area contributed by atoms with Gasteiger partial charge in [-0.25, -0.2) is 0 Å². The summed E-state index contributed by atoms with van der Waals surface area (Å²) in [5.74, 6) is 2.65. The van der Waals surface area contributed by atoms with Gasteiger partial charge in [0.05, 0.1) is 13.2 Å². The Bertz CT molecular complexity index is 493. The lowest BCUT2D eigenvalue weighted by molar-refractivity contribution is -0.146. The van der Waals surface area contributed by atoms with E-state index in [1.54, 1.807) is 7.11 Å². The second-order valence-electron chi connectivity index (χ2n) is 6.26. The molecule has 0 radical (unpaired) electrons. The third kappa shape index (κ3) is 5.68. The van der Waals surface area contributed by atoms with Crippen LogP contribution in [0.3, 0.4) is 0 Å². The highest BCUT2D eigenvalue weighted by Crippen LogP contribution is 2.27. The highest BCUT2D eigenvalue weighted by molar-refractivity contribution is 6.04. The van der Waals surface area contributed by atoms with Crippen molar-refractivity contribution in [2.45, 2.75) is 57.9 Å². The predicted octanol–water partition coefficient (Wildman–Crippen LogP) is 2.47. The number of ether oxygens (including phenoxy) is 1. The van der Waals surface area contributed by atoms with Gasteiger partial charge < -0.3 is 10.1 Å². The van der Waals surface area contributed by atoms with Crippen LogP contribution in [-0.4, -0.2) is 43.5 Å². The summed E-state index contributed by atoms with van der Waals surface area (Å²) in [6.07, 6.45) is 12.7. The van der Waals surface area contributed by atoms with E-state index in [1.165, 1.54) is 11.0 Å². The molecule has 5 nitrogen and oxygen atoms in total. The number of carbonyl (C=O) groups is 2. The van der Waals surface area contributed by atoms with Crippen molar-refractivity contribution < 1.29 is 14.3 Å². The minimum absolute atomic E-state index is 0.109. The van der Waals surface area contributed by atoms with Crippen LogP contribution in [0.5, 0.6) is 0 Å². The van der Waals surface area contributed by atoms with Gasteiger partial charge in [-0.15, -0.1) is 12.3 Å². The average molecular weight is 334 g/mol. The molecule has 0 aromatic heterocycles. The van der Waals surface area contributed by atoms with E-state index in [9.17, 15) is 9.59 Å². The van der Waals surface area contributed by atoms with Crippen molar-refractivity contribution in [1.29, 1.82) is 0 Å². The Balaban J connectivity index is 2.65. The zero-order valence-corrected chi connectivity index (χ0v) is 15.1. The number of amides is 2. The molecule has 0 saturated carbocycles. The lowest BCUT2D eigenvalue weighted by Gasteiger charge is -2.27. The van der Waals surface area contributed by atoms with Crippen LogP contribution in [0.15, 0.2) is 11.8 Å². The molecule has 0 aliphatic carbocycles. The molecule has 0 bridgehead atoms. The van der Waals surface area contributed by atoms with Crippen LogP contribution in [0.4, 0.5) is 0 Å². The summed E-state index contributed by atoms with van der Waals surface area (Å²) >= 11 is 0. The van der Waals surface area contributed by atoms with Crippen LogP contribution in [-0.2, 0) is 14.3 Å². The van der Waals surface area contributed by atoms with Crippen molar-refractivity contribution in [2.75, 3.05) is 20.7 Å². The fourth-order valence-electron chi connectivity index (χ4n) is 2.97. The monoisotopic (exact) mass is 334 g/mol. The lowest BCUT2D eigenvalue weighted by Crippen LogP contribution is -2.43. The molecule has 0 unspecified atom stereocenters. The number of nitrogens with one attached hydrogen (secondary N) is 1.